The van der Waals surface area contributed by atoms with Crippen molar-refractivity contribution in [2.45, 2.75) is 31.8 Å². The molecule has 0 bridgehead atoms. The second-order valence-corrected chi connectivity index (χ2v) is 4.83. The quantitative estimate of drug-likeness (QED) is 0.776. The lowest BCUT2D eigenvalue weighted by molar-refractivity contribution is -0.0696. The molecular weight excluding hydrogens is 270 g/mol. The molecule has 6 nitrogen and oxygen atoms in total. The highest BCUT2D eigenvalue weighted by atomic mass is 16.6. The highest BCUT2D eigenvalue weighted by Crippen LogP contribution is 2.30. The van der Waals surface area contributed by atoms with Crippen LogP contribution in [0.5, 0.6) is 0 Å². The minimum absolute atomic E-state index is 0.0277. The summed E-state index contributed by atoms with van der Waals surface area (Å²) in [4.78, 5) is 6.08. The van der Waals surface area contributed by atoms with Gasteiger partial charge in [0.25, 0.3) is 0 Å². The number of ether oxygens (including phenoxy) is 3. The summed E-state index contributed by atoms with van der Waals surface area (Å²) >= 11 is 0. The lowest BCUT2D eigenvalue weighted by atomic mass is 10.1. The van der Waals surface area contributed by atoms with E-state index in [0.717, 1.165) is 0 Å². The largest absolute Gasteiger partial charge is 0.383 e. The van der Waals surface area contributed by atoms with Crippen molar-refractivity contribution in [3.63, 3.8) is 0 Å². The maximum Gasteiger partial charge on any atom is 0.143 e. The summed E-state index contributed by atoms with van der Waals surface area (Å²) in [6, 6.07) is 0. The highest BCUT2D eigenvalue weighted by Gasteiger charge is 2.39. The molecule has 1 saturated heterocycles. The number of aliphatic imine (C=N–C) groups is 1. The molecule has 2 aliphatic heterocycles. The molecule has 0 saturated carbocycles. The molecule has 114 valence electrons. The molecule has 0 radical (unpaired) electrons. The van der Waals surface area contributed by atoms with Crippen molar-refractivity contribution in [1.29, 1.82) is 0 Å². The zero-order valence-electron chi connectivity index (χ0n) is 12.6. The van der Waals surface area contributed by atoms with Crippen LogP contribution in [-0.2, 0) is 14.2 Å². The standard InChI is InChI=1S/C15H21N3O3/c1-5-6-11-8-18(10(2)17-15(11)16)14-7-12(20-4)13(21-14)9-19-3/h8,12-14H,2,7,9H2,1,3-4H3,(H2,16,17)/t12?,13-,14-/m1/s1. The highest BCUT2D eigenvalue weighted by molar-refractivity contribution is 6.02. The van der Waals surface area contributed by atoms with Gasteiger partial charge in [0, 0.05) is 26.8 Å². The molecule has 0 aliphatic carbocycles. The Labute approximate surface area is 125 Å². The number of hydrogen-bond donors (Lipinski definition) is 1. The van der Waals surface area contributed by atoms with Gasteiger partial charge in [0.05, 0.1) is 18.3 Å². The Hall–Kier alpha value is -1.81. The van der Waals surface area contributed by atoms with E-state index < -0.39 is 0 Å². The first kappa shape index (κ1) is 15.6. The first-order chi connectivity index (χ1) is 10.1. The average Bonchev–Trinajstić information content (AvgIpc) is 2.85. The second-order valence-electron chi connectivity index (χ2n) is 4.83. The minimum atomic E-state index is -0.215. The van der Waals surface area contributed by atoms with Crippen LogP contribution in [0.3, 0.4) is 0 Å². The lowest BCUT2D eigenvalue weighted by Crippen LogP contribution is -2.35. The number of methoxy groups -OCH3 is 2. The van der Waals surface area contributed by atoms with E-state index in [1.54, 1.807) is 21.1 Å². The van der Waals surface area contributed by atoms with Crippen molar-refractivity contribution in [1.82, 2.24) is 4.90 Å². The monoisotopic (exact) mass is 291 g/mol. The molecule has 1 fully saturated rings. The fraction of sp³-hybridized carbons (Fsp3) is 0.533. The average molecular weight is 291 g/mol. The van der Waals surface area contributed by atoms with Crippen LogP contribution in [0.15, 0.2) is 29.2 Å². The zero-order valence-corrected chi connectivity index (χ0v) is 12.6. The van der Waals surface area contributed by atoms with Gasteiger partial charge in [0.15, 0.2) is 0 Å². The van der Waals surface area contributed by atoms with Gasteiger partial charge in [-0.2, -0.15) is 0 Å². The van der Waals surface area contributed by atoms with E-state index in [4.69, 9.17) is 19.9 Å². The van der Waals surface area contributed by atoms with Gasteiger partial charge >= 0.3 is 0 Å². The van der Waals surface area contributed by atoms with E-state index in [9.17, 15) is 0 Å². The molecular formula is C15H21N3O3. The SMILES string of the molecule is C=C1N=C(N)C(C#CC)=CN1[C@H]1CC(OC)[C@@H](COC)O1. The van der Waals surface area contributed by atoms with E-state index in [0.29, 0.717) is 30.3 Å². The smallest absolute Gasteiger partial charge is 0.143 e. The number of rotatable bonds is 4. The molecule has 0 aromatic rings. The summed E-state index contributed by atoms with van der Waals surface area (Å²) in [6.07, 6.45) is 2.17. The molecule has 6 heteroatoms. The summed E-state index contributed by atoms with van der Waals surface area (Å²) in [7, 11) is 3.31. The second kappa shape index (κ2) is 6.76. The fourth-order valence-electron chi connectivity index (χ4n) is 2.45. The third-order valence-corrected chi connectivity index (χ3v) is 3.48. The van der Waals surface area contributed by atoms with Crippen molar-refractivity contribution in [3.8, 4) is 11.8 Å². The van der Waals surface area contributed by atoms with Gasteiger partial charge in [-0.15, -0.1) is 5.92 Å². The van der Waals surface area contributed by atoms with Crippen LogP contribution in [0.25, 0.3) is 0 Å². The van der Waals surface area contributed by atoms with E-state index in [1.807, 2.05) is 11.1 Å². The number of nitrogens with zero attached hydrogens (tertiary/aromatic N) is 2. The predicted molar refractivity (Wildman–Crippen MR) is 80.1 cm³/mol. The van der Waals surface area contributed by atoms with Crippen molar-refractivity contribution in [2.24, 2.45) is 10.7 Å². The summed E-state index contributed by atoms with van der Waals surface area (Å²) in [5, 5.41) is 0. The maximum atomic E-state index is 5.99. The topological polar surface area (TPSA) is 69.3 Å². The predicted octanol–water partition coefficient (Wildman–Crippen LogP) is 0.814. The molecule has 21 heavy (non-hydrogen) atoms. The number of hydrogen-bond acceptors (Lipinski definition) is 6. The lowest BCUT2D eigenvalue weighted by Gasteiger charge is -2.29. The van der Waals surface area contributed by atoms with Gasteiger partial charge in [0.1, 0.15) is 24.0 Å². The van der Waals surface area contributed by atoms with Crippen molar-refractivity contribution in [2.75, 3.05) is 20.8 Å². The molecule has 2 heterocycles. The van der Waals surface area contributed by atoms with Gasteiger partial charge in [-0.25, -0.2) is 4.99 Å². The van der Waals surface area contributed by atoms with Gasteiger partial charge in [-0.1, -0.05) is 12.5 Å². The van der Waals surface area contributed by atoms with E-state index in [2.05, 4.69) is 23.4 Å². The Balaban J connectivity index is 2.17. The van der Waals surface area contributed by atoms with Crippen LogP contribution in [-0.4, -0.2) is 50.0 Å². The molecule has 0 amide bonds. The molecule has 0 aromatic carbocycles. The molecule has 0 spiro atoms. The molecule has 2 N–H and O–H groups in total. The van der Waals surface area contributed by atoms with Crippen LogP contribution in [0.2, 0.25) is 0 Å². The maximum absolute atomic E-state index is 5.99. The molecule has 3 atom stereocenters. The first-order valence-electron chi connectivity index (χ1n) is 6.74. The van der Waals surface area contributed by atoms with Crippen LogP contribution in [0.1, 0.15) is 13.3 Å². The Morgan fingerprint density at radius 2 is 2.33 bits per heavy atom. The van der Waals surface area contributed by atoms with Crippen LogP contribution in [0.4, 0.5) is 0 Å². The van der Waals surface area contributed by atoms with E-state index in [1.165, 1.54) is 0 Å². The fourth-order valence-corrected chi connectivity index (χ4v) is 2.45. The van der Waals surface area contributed by atoms with Crippen LogP contribution in [0, 0.1) is 11.8 Å². The third kappa shape index (κ3) is 3.27. The van der Waals surface area contributed by atoms with E-state index in [-0.39, 0.29) is 18.4 Å². The van der Waals surface area contributed by atoms with Crippen molar-refractivity contribution < 1.29 is 14.2 Å². The van der Waals surface area contributed by atoms with Gasteiger partial charge in [-0.3, -0.25) is 0 Å². The Kier molecular flexibility index (Phi) is 5.02. The molecule has 0 aromatic heterocycles. The van der Waals surface area contributed by atoms with Gasteiger partial charge < -0.3 is 24.8 Å². The van der Waals surface area contributed by atoms with Crippen LogP contribution >= 0.6 is 0 Å². The summed E-state index contributed by atoms with van der Waals surface area (Å²) in [5.41, 5.74) is 6.52. The third-order valence-electron chi connectivity index (χ3n) is 3.48. The number of nitrogens with two attached hydrogens (primary N) is 1. The van der Waals surface area contributed by atoms with E-state index >= 15 is 0 Å². The summed E-state index contributed by atoms with van der Waals surface area (Å²) in [6.45, 7) is 6.15. The normalized spacial score (nSPS) is 28.8. The molecule has 1 unspecified atom stereocenters. The minimum Gasteiger partial charge on any atom is -0.383 e. The molecule has 2 aliphatic rings. The summed E-state index contributed by atoms with van der Waals surface area (Å²) < 4.78 is 16.6. The Morgan fingerprint density at radius 3 is 2.95 bits per heavy atom. The summed E-state index contributed by atoms with van der Waals surface area (Å²) in [5.74, 6) is 6.66. The van der Waals surface area contributed by atoms with Crippen molar-refractivity contribution >= 4 is 5.84 Å². The Morgan fingerprint density at radius 1 is 1.57 bits per heavy atom. The van der Waals surface area contributed by atoms with Gasteiger partial charge in [-0.05, 0) is 6.92 Å². The number of amidine groups is 1. The molecule has 2 rings (SSSR count). The Bertz CT molecular complexity index is 530. The van der Waals surface area contributed by atoms with Crippen molar-refractivity contribution in [3.05, 3.63) is 24.2 Å². The van der Waals surface area contributed by atoms with Gasteiger partial charge in [0.2, 0.25) is 0 Å². The zero-order chi connectivity index (χ0) is 15.4. The first-order valence-corrected chi connectivity index (χ1v) is 6.74. The van der Waals surface area contributed by atoms with Crippen LogP contribution < -0.4 is 5.73 Å².